The van der Waals surface area contributed by atoms with Crippen LogP contribution in [0.3, 0.4) is 0 Å². The molecule has 0 atom stereocenters. The molecule has 0 aliphatic heterocycles. The SMILES string of the molecule is [F][Cr]([F])([F])([Cl])([Cl])[Cl]. The molecule has 7 heteroatoms. The normalized spacial score (nSPS) is 23.1. The molecule has 0 unspecified atom stereocenters. The van der Waals surface area contributed by atoms with Gasteiger partial charge in [0.15, 0.2) is 0 Å². The van der Waals surface area contributed by atoms with Crippen LogP contribution in [0.5, 0.6) is 0 Å². The van der Waals surface area contributed by atoms with Crippen LogP contribution in [0, 0.1) is 0 Å². The molecule has 0 aromatic heterocycles. The van der Waals surface area contributed by atoms with Crippen LogP contribution in [0.2, 0.25) is 0 Å². The van der Waals surface area contributed by atoms with Gasteiger partial charge in [-0.3, -0.25) is 0 Å². The van der Waals surface area contributed by atoms with E-state index in [1.165, 1.54) is 0 Å². The summed E-state index contributed by atoms with van der Waals surface area (Å²) in [6, 6.07) is 0. The summed E-state index contributed by atoms with van der Waals surface area (Å²) in [5, 5.41) is 0. The number of halogens is 6. The molecular formula is Cl3CrF3. The van der Waals surface area contributed by atoms with Crippen LogP contribution >= 0.6 is 30.1 Å². The Morgan fingerprint density at radius 2 is 0.857 bits per heavy atom. The van der Waals surface area contributed by atoms with Crippen LogP contribution in [-0.4, -0.2) is 0 Å². The maximum atomic E-state index is 11.2. The molecule has 0 radical (unpaired) electrons. The monoisotopic (exact) mass is 214 g/mol. The Morgan fingerprint density at radius 1 is 0.857 bits per heavy atom. The molecule has 48 valence electrons. The van der Waals surface area contributed by atoms with Gasteiger partial charge in [0.2, 0.25) is 0 Å². The molecule has 0 spiro atoms. The molecule has 7 heavy (non-hydrogen) atoms. The van der Waals surface area contributed by atoms with Gasteiger partial charge < -0.3 is 0 Å². The molecule has 0 N–H and O–H groups in total. The maximum absolute atomic E-state index is 11.2. The summed E-state index contributed by atoms with van der Waals surface area (Å²) in [6.07, 6.45) is 0. The van der Waals surface area contributed by atoms with Crippen molar-refractivity contribution >= 4 is 30.1 Å². The predicted molar refractivity (Wildman–Crippen MR) is 20.9 cm³/mol. The van der Waals surface area contributed by atoms with Crippen molar-refractivity contribution in [3.63, 3.8) is 0 Å². The second-order valence-corrected chi connectivity index (χ2v) is 13.7. The van der Waals surface area contributed by atoms with Gasteiger partial charge in [-0.05, 0) is 0 Å². The summed E-state index contributed by atoms with van der Waals surface area (Å²) in [5.41, 5.74) is 0. The second-order valence-electron chi connectivity index (χ2n) is 0.875. The first-order valence-electron chi connectivity index (χ1n) is 0.926. The molecular weight excluding hydrogens is 215 g/mol. The van der Waals surface area contributed by atoms with E-state index in [-0.39, 0.29) is 0 Å². The van der Waals surface area contributed by atoms with Crippen molar-refractivity contribution in [1.29, 1.82) is 0 Å². The van der Waals surface area contributed by atoms with Gasteiger partial charge in [-0.15, -0.1) is 0 Å². The van der Waals surface area contributed by atoms with Crippen LogP contribution in [0.1, 0.15) is 0 Å². The van der Waals surface area contributed by atoms with Crippen LogP contribution in [-0.2, 0) is 9.55 Å². The van der Waals surface area contributed by atoms with Gasteiger partial charge in [-0.2, -0.15) is 0 Å². The van der Waals surface area contributed by atoms with Crippen molar-refractivity contribution < 1.29 is 20.1 Å². The minimum absolute atomic E-state index is 3.74. The quantitative estimate of drug-likeness (QED) is 0.581. The minimum atomic E-state index is -8.04. The summed E-state index contributed by atoms with van der Waals surface area (Å²) < 4.78 is 33.6. The molecule has 0 saturated heterocycles. The molecule has 0 bridgehead atoms. The van der Waals surface area contributed by atoms with E-state index >= 15 is 0 Å². The van der Waals surface area contributed by atoms with Crippen LogP contribution < -0.4 is 0 Å². The number of hydrogen-bond acceptors (Lipinski definition) is 0. The molecule has 0 rings (SSSR count). The molecule has 0 aromatic carbocycles. The first kappa shape index (κ1) is 8.19. The molecule has 0 aliphatic carbocycles. The summed E-state index contributed by atoms with van der Waals surface area (Å²) in [5.74, 6) is 0. The number of hydrogen-bond donors (Lipinski definition) is 0. The first-order valence-corrected chi connectivity index (χ1v) is 7.63. The molecule has 0 aromatic rings. The topological polar surface area (TPSA) is 0 Å². The van der Waals surface area contributed by atoms with Gasteiger partial charge in [0, 0.05) is 0 Å². The van der Waals surface area contributed by atoms with E-state index in [2.05, 4.69) is 30.1 Å². The average molecular weight is 215 g/mol. The summed E-state index contributed by atoms with van der Waals surface area (Å²) >= 11 is 0. The van der Waals surface area contributed by atoms with Crippen molar-refractivity contribution in [2.75, 3.05) is 0 Å². The van der Waals surface area contributed by atoms with Crippen LogP contribution in [0.15, 0.2) is 0 Å². The summed E-state index contributed by atoms with van der Waals surface area (Å²) in [7, 11) is 3.17. The standard InChI is InChI=1S/3ClH.Cr.3FH/h3*1H;;3*1H/q;;;+6;;;/p-6. The van der Waals surface area contributed by atoms with Crippen LogP contribution in [0.4, 0.5) is 10.6 Å². The zero-order valence-electron chi connectivity index (χ0n) is 2.68. The summed E-state index contributed by atoms with van der Waals surface area (Å²) in [6.45, 7) is 0. The van der Waals surface area contributed by atoms with Crippen molar-refractivity contribution in [2.24, 2.45) is 0 Å². The Morgan fingerprint density at radius 3 is 0.857 bits per heavy atom. The zero-order chi connectivity index (χ0) is 6.41. The van der Waals surface area contributed by atoms with Crippen LogP contribution in [0.25, 0.3) is 0 Å². The van der Waals surface area contributed by atoms with Gasteiger partial charge >= 0.3 is 50.3 Å². The van der Waals surface area contributed by atoms with E-state index in [4.69, 9.17) is 0 Å². The van der Waals surface area contributed by atoms with Crippen molar-refractivity contribution in [1.82, 2.24) is 0 Å². The fraction of sp³-hybridized carbons (Fsp3) is 0. The van der Waals surface area contributed by atoms with E-state index in [9.17, 15) is 10.6 Å². The molecule has 0 nitrogen and oxygen atoms in total. The van der Waals surface area contributed by atoms with Gasteiger partial charge in [0.05, 0.1) is 0 Å². The third-order valence-corrected chi connectivity index (χ3v) is 0. The Bertz CT molecular complexity index is 68.7. The van der Waals surface area contributed by atoms with Gasteiger partial charge in [-0.25, -0.2) is 0 Å². The van der Waals surface area contributed by atoms with E-state index < -0.39 is 9.55 Å². The molecule has 0 amide bonds. The van der Waals surface area contributed by atoms with Crippen molar-refractivity contribution in [3.8, 4) is 0 Å². The third-order valence-electron chi connectivity index (χ3n) is 0. The first-order chi connectivity index (χ1) is 2.45. The zero-order valence-corrected chi connectivity index (χ0v) is 6.22. The van der Waals surface area contributed by atoms with Gasteiger partial charge in [0.1, 0.15) is 0 Å². The Hall–Kier alpha value is 1.19. The third kappa shape index (κ3) is 136. The predicted octanol–water partition coefficient (Wildman–Crippen LogP) is 3.33. The van der Waals surface area contributed by atoms with E-state index in [1.54, 1.807) is 0 Å². The molecule has 0 fully saturated rings. The van der Waals surface area contributed by atoms with E-state index in [1.807, 2.05) is 0 Å². The summed E-state index contributed by atoms with van der Waals surface area (Å²) in [4.78, 5) is 0. The fourth-order valence-corrected chi connectivity index (χ4v) is 0. The van der Waals surface area contributed by atoms with E-state index in [0.717, 1.165) is 0 Å². The number of rotatable bonds is 0. The Labute approximate surface area is 50.5 Å². The van der Waals surface area contributed by atoms with Gasteiger partial charge in [0.25, 0.3) is 0 Å². The average Bonchev–Trinajstić information content (AvgIpc) is 0.592. The molecule has 0 heterocycles. The Balaban J connectivity index is 4.43. The van der Waals surface area contributed by atoms with Gasteiger partial charge in [-0.1, -0.05) is 0 Å². The molecule has 0 saturated carbocycles. The van der Waals surface area contributed by atoms with Crippen molar-refractivity contribution in [3.05, 3.63) is 0 Å². The van der Waals surface area contributed by atoms with E-state index in [0.29, 0.717) is 0 Å². The molecule has 0 aliphatic rings. The second kappa shape index (κ2) is 1.05. The van der Waals surface area contributed by atoms with Crippen molar-refractivity contribution in [2.45, 2.75) is 0 Å². The Kier molecular flexibility index (Phi) is 1.23. The fourth-order valence-electron chi connectivity index (χ4n) is 0.